The molecule has 0 aliphatic heterocycles. The monoisotopic (exact) mass is 252 g/mol. The molecule has 0 spiro atoms. The Morgan fingerprint density at radius 2 is 1.67 bits per heavy atom. The lowest BCUT2D eigenvalue weighted by Gasteiger charge is -2.38. The van der Waals surface area contributed by atoms with Crippen LogP contribution in [0.3, 0.4) is 0 Å². The zero-order chi connectivity index (χ0) is 13.8. The lowest BCUT2D eigenvalue weighted by atomic mass is 9.67. The summed E-state index contributed by atoms with van der Waals surface area (Å²) < 4.78 is 5.75. The van der Waals surface area contributed by atoms with Crippen molar-refractivity contribution in [1.29, 1.82) is 0 Å². The largest absolute Gasteiger partial charge is 0.462 e. The highest BCUT2D eigenvalue weighted by Gasteiger charge is 2.44. The molecule has 2 nitrogen and oxygen atoms in total. The van der Waals surface area contributed by atoms with Crippen LogP contribution in [0.25, 0.3) is 0 Å². The van der Waals surface area contributed by atoms with Gasteiger partial charge in [0.25, 0.3) is 0 Å². The first kappa shape index (κ1) is 15.3. The lowest BCUT2D eigenvalue weighted by molar-refractivity contribution is -0.164. The van der Waals surface area contributed by atoms with Gasteiger partial charge in [0.05, 0.1) is 5.41 Å². The molecule has 1 unspecified atom stereocenters. The number of ether oxygens (including phenoxy) is 1. The summed E-state index contributed by atoms with van der Waals surface area (Å²) in [6.07, 6.45) is 9.79. The molecular formula is C16H28O2. The zero-order valence-corrected chi connectivity index (χ0v) is 12.6. The number of esters is 1. The molecule has 0 heterocycles. The molecule has 1 rings (SSSR count). The molecule has 1 aliphatic carbocycles. The van der Waals surface area contributed by atoms with Crippen LogP contribution in [0.5, 0.6) is 0 Å². The minimum absolute atomic E-state index is 0.0694. The fraction of sp³-hybridized carbons (Fsp3) is 0.812. The first-order valence-corrected chi connectivity index (χ1v) is 7.16. The van der Waals surface area contributed by atoms with Crippen molar-refractivity contribution < 1.29 is 9.53 Å². The molecule has 104 valence electrons. The Kier molecular flexibility index (Phi) is 5.01. The summed E-state index contributed by atoms with van der Waals surface area (Å²) in [6, 6.07) is 0. The molecule has 0 saturated heterocycles. The Hall–Kier alpha value is -0.790. The molecule has 1 fully saturated rings. The van der Waals surface area contributed by atoms with Gasteiger partial charge in [0.2, 0.25) is 0 Å². The molecule has 1 atom stereocenters. The summed E-state index contributed by atoms with van der Waals surface area (Å²) in [4.78, 5) is 12.5. The highest BCUT2D eigenvalue weighted by Crippen LogP contribution is 2.41. The predicted octanol–water partition coefficient (Wildman–Crippen LogP) is 4.49. The normalized spacial score (nSPS) is 21.8. The zero-order valence-electron chi connectivity index (χ0n) is 12.6. The van der Waals surface area contributed by atoms with E-state index in [4.69, 9.17) is 4.74 Å². The van der Waals surface area contributed by atoms with Crippen molar-refractivity contribution in [1.82, 2.24) is 0 Å². The smallest absolute Gasteiger partial charge is 0.316 e. The van der Waals surface area contributed by atoms with Crippen LogP contribution in [0.15, 0.2) is 12.2 Å². The van der Waals surface area contributed by atoms with Gasteiger partial charge in [-0.05, 0) is 44.9 Å². The van der Waals surface area contributed by atoms with E-state index in [9.17, 15) is 4.79 Å². The van der Waals surface area contributed by atoms with Crippen LogP contribution < -0.4 is 0 Å². The van der Waals surface area contributed by atoms with Crippen LogP contribution in [-0.2, 0) is 9.53 Å². The van der Waals surface area contributed by atoms with E-state index in [0.717, 1.165) is 12.8 Å². The highest BCUT2D eigenvalue weighted by atomic mass is 16.5. The summed E-state index contributed by atoms with van der Waals surface area (Å²) in [6.45, 7) is 10.2. The number of carbonyl (C=O) groups is 1. The Morgan fingerprint density at radius 3 is 2.11 bits per heavy atom. The van der Waals surface area contributed by atoms with Gasteiger partial charge in [-0.15, -0.1) is 0 Å². The Labute approximate surface area is 112 Å². The number of hydrogen-bond donors (Lipinski definition) is 0. The maximum Gasteiger partial charge on any atom is 0.316 e. The van der Waals surface area contributed by atoms with E-state index < -0.39 is 5.41 Å². The Bertz CT molecular complexity index is 306. The first-order valence-electron chi connectivity index (χ1n) is 7.16. The SMILES string of the molecule is C/C=C\C(C)(C(=O)OC1CCCCC1)C(C)(C)C. The van der Waals surface area contributed by atoms with Gasteiger partial charge >= 0.3 is 5.97 Å². The van der Waals surface area contributed by atoms with Gasteiger partial charge in [-0.2, -0.15) is 0 Å². The van der Waals surface area contributed by atoms with Crippen molar-refractivity contribution in [3.8, 4) is 0 Å². The third-order valence-electron chi connectivity index (χ3n) is 4.31. The summed E-state index contributed by atoms with van der Waals surface area (Å²) >= 11 is 0. The van der Waals surface area contributed by atoms with Gasteiger partial charge in [-0.3, -0.25) is 4.79 Å². The van der Waals surface area contributed by atoms with Gasteiger partial charge in [0, 0.05) is 0 Å². The van der Waals surface area contributed by atoms with E-state index in [2.05, 4.69) is 20.8 Å². The maximum atomic E-state index is 12.5. The van der Waals surface area contributed by atoms with Crippen molar-refractivity contribution in [3.63, 3.8) is 0 Å². The second-order valence-corrected chi connectivity index (χ2v) is 6.62. The lowest BCUT2D eigenvalue weighted by Crippen LogP contribution is -2.41. The number of allylic oxidation sites excluding steroid dienone is 1. The molecule has 0 bridgehead atoms. The predicted molar refractivity (Wildman–Crippen MR) is 75.3 cm³/mol. The third kappa shape index (κ3) is 3.37. The summed E-state index contributed by atoms with van der Waals surface area (Å²) in [5.41, 5.74) is -0.676. The van der Waals surface area contributed by atoms with Crippen LogP contribution in [0.2, 0.25) is 0 Å². The fourth-order valence-electron chi connectivity index (χ4n) is 2.41. The molecule has 0 aromatic rings. The number of hydrogen-bond acceptors (Lipinski definition) is 2. The van der Waals surface area contributed by atoms with Crippen molar-refractivity contribution in [2.75, 3.05) is 0 Å². The van der Waals surface area contributed by atoms with E-state index in [1.54, 1.807) is 0 Å². The molecule has 0 N–H and O–H groups in total. The van der Waals surface area contributed by atoms with Crippen molar-refractivity contribution in [2.45, 2.75) is 72.8 Å². The maximum absolute atomic E-state index is 12.5. The van der Waals surface area contributed by atoms with Crippen LogP contribution in [0.4, 0.5) is 0 Å². The summed E-state index contributed by atoms with van der Waals surface area (Å²) in [5, 5.41) is 0. The van der Waals surface area contributed by atoms with Gasteiger partial charge < -0.3 is 4.74 Å². The van der Waals surface area contributed by atoms with Crippen LogP contribution in [0.1, 0.15) is 66.7 Å². The molecule has 0 amide bonds. The van der Waals surface area contributed by atoms with Gasteiger partial charge in [-0.1, -0.05) is 39.3 Å². The summed E-state index contributed by atoms with van der Waals surface area (Å²) in [5.74, 6) is -0.0694. The van der Waals surface area contributed by atoms with E-state index in [1.807, 2.05) is 26.0 Å². The van der Waals surface area contributed by atoms with Gasteiger partial charge in [0.15, 0.2) is 0 Å². The molecule has 18 heavy (non-hydrogen) atoms. The number of rotatable bonds is 3. The van der Waals surface area contributed by atoms with E-state index >= 15 is 0 Å². The van der Waals surface area contributed by atoms with Crippen molar-refractivity contribution in [2.24, 2.45) is 10.8 Å². The first-order chi connectivity index (χ1) is 8.31. The fourth-order valence-corrected chi connectivity index (χ4v) is 2.41. The second kappa shape index (κ2) is 5.90. The van der Waals surface area contributed by atoms with Crippen LogP contribution in [-0.4, -0.2) is 12.1 Å². The van der Waals surface area contributed by atoms with E-state index in [0.29, 0.717) is 0 Å². The summed E-state index contributed by atoms with van der Waals surface area (Å²) in [7, 11) is 0. The average molecular weight is 252 g/mol. The molecule has 0 aromatic carbocycles. The molecule has 0 aromatic heterocycles. The van der Waals surface area contributed by atoms with Crippen molar-refractivity contribution >= 4 is 5.97 Å². The molecule has 1 saturated carbocycles. The van der Waals surface area contributed by atoms with Gasteiger partial charge in [-0.25, -0.2) is 0 Å². The highest BCUT2D eigenvalue weighted by molar-refractivity contribution is 5.79. The van der Waals surface area contributed by atoms with Gasteiger partial charge in [0.1, 0.15) is 6.10 Å². The average Bonchev–Trinajstić information content (AvgIpc) is 2.29. The molecule has 0 radical (unpaired) electrons. The quantitative estimate of drug-likeness (QED) is 0.546. The second-order valence-electron chi connectivity index (χ2n) is 6.62. The molecule has 1 aliphatic rings. The minimum Gasteiger partial charge on any atom is -0.462 e. The standard InChI is InChI=1S/C16H28O2/c1-6-12-16(5,15(2,3)4)14(17)18-13-10-8-7-9-11-13/h6,12-13H,7-11H2,1-5H3/b12-6-. The number of carbonyl (C=O) groups excluding carboxylic acids is 1. The minimum atomic E-state index is -0.542. The molecular weight excluding hydrogens is 224 g/mol. The third-order valence-corrected chi connectivity index (χ3v) is 4.31. The van der Waals surface area contributed by atoms with E-state index in [1.165, 1.54) is 19.3 Å². The van der Waals surface area contributed by atoms with Crippen LogP contribution >= 0.6 is 0 Å². The topological polar surface area (TPSA) is 26.3 Å². The van der Waals surface area contributed by atoms with Crippen LogP contribution in [0, 0.1) is 10.8 Å². The van der Waals surface area contributed by atoms with E-state index in [-0.39, 0.29) is 17.5 Å². The Balaban J connectivity index is 2.77. The van der Waals surface area contributed by atoms with Crippen molar-refractivity contribution in [3.05, 3.63) is 12.2 Å². The molecule has 2 heteroatoms. The Morgan fingerprint density at radius 1 is 1.11 bits per heavy atom.